The second kappa shape index (κ2) is 8.36. The van der Waals surface area contributed by atoms with Gasteiger partial charge in [-0.05, 0) is 33.1 Å². The Morgan fingerprint density at radius 3 is 2.59 bits per heavy atom. The molecule has 6 heteroatoms. The number of amides is 2. The quantitative estimate of drug-likeness (QED) is 0.784. The molecule has 0 aliphatic carbocycles. The van der Waals surface area contributed by atoms with Gasteiger partial charge in [0.2, 0.25) is 5.91 Å². The first-order chi connectivity index (χ1) is 10.2. The lowest BCUT2D eigenvalue weighted by Gasteiger charge is -2.24. The summed E-state index contributed by atoms with van der Waals surface area (Å²) in [5.74, 6) is 0.539. The second-order valence-electron chi connectivity index (χ2n) is 7.31. The molecule has 1 atom stereocenters. The molecule has 1 rings (SSSR count). The van der Waals surface area contributed by atoms with Gasteiger partial charge in [0.1, 0.15) is 5.60 Å². The Bertz CT molecular complexity index is 377. The molecule has 1 unspecified atom stereocenters. The summed E-state index contributed by atoms with van der Waals surface area (Å²) in [4.78, 5) is 25.3. The molecule has 0 aromatic rings. The van der Waals surface area contributed by atoms with Crippen molar-refractivity contribution in [3.63, 3.8) is 0 Å². The summed E-state index contributed by atoms with van der Waals surface area (Å²) in [6.07, 6.45) is 1.11. The Hall–Kier alpha value is -1.30. The summed E-state index contributed by atoms with van der Waals surface area (Å²) in [5, 5.41) is 6.23. The summed E-state index contributed by atoms with van der Waals surface area (Å²) in [6.45, 7) is 12.4. The molecule has 0 aromatic carbocycles. The maximum Gasteiger partial charge on any atom is 0.410 e. The first kappa shape index (κ1) is 18.7. The smallest absolute Gasteiger partial charge is 0.410 e. The molecule has 0 aromatic heterocycles. The average molecular weight is 313 g/mol. The van der Waals surface area contributed by atoms with E-state index in [1.807, 2.05) is 20.8 Å². The number of nitrogens with one attached hydrogen (secondary N) is 2. The average Bonchev–Trinajstić information content (AvgIpc) is 2.83. The van der Waals surface area contributed by atoms with E-state index in [0.717, 1.165) is 6.42 Å². The number of nitrogens with zero attached hydrogens (tertiary/aromatic N) is 1. The number of hydrogen-bond acceptors (Lipinski definition) is 4. The van der Waals surface area contributed by atoms with Crippen LogP contribution in [-0.2, 0) is 9.53 Å². The predicted molar refractivity (Wildman–Crippen MR) is 86.7 cm³/mol. The number of rotatable bonds is 6. The van der Waals surface area contributed by atoms with Gasteiger partial charge in [-0.15, -0.1) is 0 Å². The van der Waals surface area contributed by atoms with Crippen molar-refractivity contribution >= 4 is 12.0 Å². The molecule has 0 bridgehead atoms. The van der Waals surface area contributed by atoms with E-state index in [1.165, 1.54) is 0 Å². The predicted octanol–water partition coefficient (Wildman–Crippen LogP) is 1.75. The Kier molecular flexibility index (Phi) is 7.13. The molecule has 1 fully saturated rings. The van der Waals surface area contributed by atoms with Crippen LogP contribution in [0.3, 0.4) is 0 Å². The van der Waals surface area contributed by atoms with E-state index in [-0.39, 0.29) is 18.0 Å². The van der Waals surface area contributed by atoms with Crippen LogP contribution in [0.25, 0.3) is 0 Å². The Balaban J connectivity index is 2.19. The van der Waals surface area contributed by atoms with E-state index in [9.17, 15) is 9.59 Å². The molecule has 0 saturated carbocycles. The SMILES string of the molecule is CC(C)CNC(=O)CCNC1CCN(C(=O)OC(C)(C)C)C1. The van der Waals surface area contributed by atoms with Gasteiger partial charge in [0.15, 0.2) is 0 Å². The fraction of sp³-hybridized carbons (Fsp3) is 0.875. The molecule has 1 aliphatic heterocycles. The minimum atomic E-state index is -0.461. The molecule has 1 aliphatic rings. The maximum absolute atomic E-state index is 11.9. The van der Waals surface area contributed by atoms with E-state index in [0.29, 0.717) is 38.5 Å². The van der Waals surface area contributed by atoms with Crippen LogP contribution in [-0.4, -0.2) is 54.7 Å². The fourth-order valence-electron chi connectivity index (χ4n) is 2.22. The molecule has 22 heavy (non-hydrogen) atoms. The lowest BCUT2D eigenvalue weighted by molar-refractivity contribution is -0.121. The summed E-state index contributed by atoms with van der Waals surface area (Å²) in [6, 6.07) is 0.241. The van der Waals surface area contributed by atoms with Gasteiger partial charge in [0.25, 0.3) is 0 Å². The van der Waals surface area contributed by atoms with Gasteiger partial charge in [0.05, 0.1) is 0 Å². The third-order valence-electron chi connectivity index (χ3n) is 3.33. The monoisotopic (exact) mass is 313 g/mol. The van der Waals surface area contributed by atoms with Crippen molar-refractivity contribution in [3.05, 3.63) is 0 Å². The molecule has 128 valence electrons. The zero-order chi connectivity index (χ0) is 16.8. The maximum atomic E-state index is 11.9. The minimum absolute atomic E-state index is 0.0724. The summed E-state index contributed by atoms with van der Waals surface area (Å²) < 4.78 is 5.36. The van der Waals surface area contributed by atoms with Gasteiger partial charge in [0, 0.05) is 38.6 Å². The van der Waals surface area contributed by atoms with Crippen LogP contribution in [0.1, 0.15) is 47.5 Å². The lowest BCUT2D eigenvalue weighted by Crippen LogP contribution is -2.39. The molecule has 0 spiro atoms. The molecule has 1 heterocycles. The highest BCUT2D eigenvalue weighted by molar-refractivity contribution is 5.76. The van der Waals surface area contributed by atoms with Gasteiger partial charge in [-0.2, -0.15) is 0 Å². The van der Waals surface area contributed by atoms with Crippen LogP contribution in [0.15, 0.2) is 0 Å². The molecular formula is C16H31N3O3. The third-order valence-corrected chi connectivity index (χ3v) is 3.33. The molecule has 0 radical (unpaired) electrons. The van der Waals surface area contributed by atoms with Crippen molar-refractivity contribution < 1.29 is 14.3 Å². The standard InChI is InChI=1S/C16H31N3O3/c1-12(2)10-18-14(20)6-8-17-13-7-9-19(11-13)15(21)22-16(3,4)5/h12-13,17H,6-11H2,1-5H3,(H,18,20). The number of carbonyl (C=O) groups excluding carboxylic acids is 2. The van der Waals surface area contributed by atoms with E-state index in [4.69, 9.17) is 4.74 Å². The molecule has 2 N–H and O–H groups in total. The van der Waals surface area contributed by atoms with Crippen LogP contribution in [0.2, 0.25) is 0 Å². The third kappa shape index (κ3) is 7.64. The Morgan fingerprint density at radius 1 is 1.32 bits per heavy atom. The molecule has 2 amide bonds. The van der Waals surface area contributed by atoms with Crippen LogP contribution < -0.4 is 10.6 Å². The number of carbonyl (C=O) groups is 2. The van der Waals surface area contributed by atoms with Crippen LogP contribution >= 0.6 is 0 Å². The van der Waals surface area contributed by atoms with Crippen LogP contribution in [0.5, 0.6) is 0 Å². The highest BCUT2D eigenvalue weighted by atomic mass is 16.6. The number of hydrogen-bond donors (Lipinski definition) is 2. The molecule has 1 saturated heterocycles. The summed E-state index contributed by atoms with van der Waals surface area (Å²) >= 11 is 0. The summed E-state index contributed by atoms with van der Waals surface area (Å²) in [7, 11) is 0. The zero-order valence-corrected chi connectivity index (χ0v) is 14.6. The highest BCUT2D eigenvalue weighted by Crippen LogP contribution is 2.15. The highest BCUT2D eigenvalue weighted by Gasteiger charge is 2.29. The van der Waals surface area contributed by atoms with Crippen LogP contribution in [0.4, 0.5) is 4.79 Å². The van der Waals surface area contributed by atoms with Crippen molar-refractivity contribution in [3.8, 4) is 0 Å². The zero-order valence-electron chi connectivity index (χ0n) is 14.6. The Labute approximate surface area is 134 Å². The minimum Gasteiger partial charge on any atom is -0.444 e. The topological polar surface area (TPSA) is 70.7 Å². The van der Waals surface area contributed by atoms with Crippen molar-refractivity contribution in [2.24, 2.45) is 5.92 Å². The van der Waals surface area contributed by atoms with Crippen molar-refractivity contribution in [1.82, 2.24) is 15.5 Å². The van der Waals surface area contributed by atoms with Crippen molar-refractivity contribution in [2.45, 2.75) is 59.1 Å². The summed E-state index contributed by atoms with van der Waals surface area (Å²) in [5.41, 5.74) is -0.461. The van der Waals surface area contributed by atoms with E-state index in [2.05, 4.69) is 24.5 Å². The van der Waals surface area contributed by atoms with Crippen molar-refractivity contribution in [1.29, 1.82) is 0 Å². The Morgan fingerprint density at radius 2 is 2.00 bits per heavy atom. The first-order valence-electron chi connectivity index (χ1n) is 8.15. The number of likely N-dealkylation sites (tertiary alicyclic amines) is 1. The van der Waals surface area contributed by atoms with E-state index < -0.39 is 5.60 Å². The van der Waals surface area contributed by atoms with E-state index >= 15 is 0 Å². The van der Waals surface area contributed by atoms with Gasteiger partial charge in [-0.1, -0.05) is 13.8 Å². The number of ether oxygens (including phenoxy) is 1. The largest absolute Gasteiger partial charge is 0.444 e. The van der Waals surface area contributed by atoms with Gasteiger partial charge >= 0.3 is 6.09 Å². The van der Waals surface area contributed by atoms with Gasteiger partial charge < -0.3 is 20.3 Å². The van der Waals surface area contributed by atoms with Gasteiger partial charge in [-0.25, -0.2) is 4.79 Å². The van der Waals surface area contributed by atoms with Gasteiger partial charge in [-0.3, -0.25) is 4.79 Å². The van der Waals surface area contributed by atoms with E-state index in [1.54, 1.807) is 4.90 Å². The van der Waals surface area contributed by atoms with Crippen LogP contribution in [0, 0.1) is 5.92 Å². The van der Waals surface area contributed by atoms with Crippen molar-refractivity contribution in [2.75, 3.05) is 26.2 Å². The fourth-order valence-corrected chi connectivity index (χ4v) is 2.22. The normalized spacial score (nSPS) is 18.6. The lowest BCUT2D eigenvalue weighted by atomic mass is 10.2. The first-order valence-corrected chi connectivity index (χ1v) is 8.15. The molecule has 6 nitrogen and oxygen atoms in total. The molecular weight excluding hydrogens is 282 g/mol. The second-order valence-corrected chi connectivity index (χ2v) is 7.31.